The molecule has 0 aliphatic heterocycles. The van der Waals surface area contributed by atoms with E-state index in [9.17, 15) is 0 Å². The number of rotatable bonds is 1. The molecule has 0 bridgehead atoms. The summed E-state index contributed by atoms with van der Waals surface area (Å²) in [6, 6.07) is 7.25. The predicted molar refractivity (Wildman–Crippen MR) is 51.6 cm³/mol. The fraction of sp³-hybridized carbons (Fsp3) is 0.250. The Balaban J connectivity index is 0.000000461. The van der Waals surface area contributed by atoms with Crippen LogP contribution in [0.3, 0.4) is 0 Å². The summed E-state index contributed by atoms with van der Waals surface area (Å²) in [5, 5.41) is 2.49. The van der Waals surface area contributed by atoms with Gasteiger partial charge in [0.05, 0.1) is 0 Å². The summed E-state index contributed by atoms with van der Waals surface area (Å²) >= 11 is 0. The second-order valence-electron chi connectivity index (χ2n) is 1.77. The van der Waals surface area contributed by atoms with E-state index in [2.05, 4.69) is 5.23 Å². The Morgan fingerprint density at radius 2 is 2.00 bits per heavy atom. The van der Waals surface area contributed by atoms with Crippen LogP contribution in [0.15, 0.2) is 24.3 Å². The summed E-state index contributed by atoms with van der Waals surface area (Å²) < 4.78 is 0. The molecule has 0 saturated carbocycles. The Bertz CT molecular complexity index is 201. The molecule has 2 radical (unpaired) electrons. The van der Waals surface area contributed by atoms with Crippen molar-refractivity contribution in [1.82, 2.24) is 0 Å². The van der Waals surface area contributed by atoms with Gasteiger partial charge < -0.3 is 11.0 Å². The van der Waals surface area contributed by atoms with Gasteiger partial charge in [-0.2, -0.15) is 0 Å². The number of nitrogens with two attached hydrogens (primary N) is 1. The molecule has 0 saturated heterocycles. The lowest BCUT2D eigenvalue weighted by Gasteiger charge is -1.98. The summed E-state index contributed by atoms with van der Waals surface area (Å²) in [6.45, 7) is 4.00. The molecular formula is C8H13BN2. The topological polar surface area (TPSA) is 38.0 Å². The summed E-state index contributed by atoms with van der Waals surface area (Å²) in [6.07, 6.45) is 0. The van der Waals surface area contributed by atoms with Crippen molar-refractivity contribution in [2.45, 2.75) is 13.8 Å². The Labute approximate surface area is 69.2 Å². The van der Waals surface area contributed by atoms with E-state index in [-0.39, 0.29) is 0 Å². The molecule has 1 aromatic carbocycles. The van der Waals surface area contributed by atoms with Crippen molar-refractivity contribution in [2.24, 2.45) is 0 Å². The number of anilines is 2. The van der Waals surface area contributed by atoms with Crippen molar-refractivity contribution in [3.8, 4) is 0 Å². The number of hydrogen-bond donors (Lipinski definition) is 2. The number of benzene rings is 1. The Hall–Kier alpha value is -1.12. The molecule has 1 aromatic rings. The number of nitrogen functional groups attached to an aromatic ring is 1. The first kappa shape index (κ1) is 9.88. The standard InChI is InChI=1S/C6H7BN2.C2H6/c7-9-6-3-1-2-5(8)4-6;1-2/h1-4,9H,8H2;1-2H3. The molecule has 2 nitrogen and oxygen atoms in total. The van der Waals surface area contributed by atoms with Gasteiger partial charge in [-0.25, -0.2) is 0 Å². The quantitative estimate of drug-likeness (QED) is 0.470. The highest BCUT2D eigenvalue weighted by molar-refractivity contribution is 6.15. The zero-order valence-electron chi connectivity index (χ0n) is 6.96. The molecule has 0 unspecified atom stereocenters. The molecule has 0 amide bonds. The molecule has 0 aliphatic carbocycles. The van der Waals surface area contributed by atoms with Crippen LogP contribution in [0.4, 0.5) is 11.4 Å². The molecule has 3 heteroatoms. The van der Waals surface area contributed by atoms with Crippen molar-refractivity contribution in [3.05, 3.63) is 24.3 Å². The fourth-order valence-electron chi connectivity index (χ4n) is 0.628. The van der Waals surface area contributed by atoms with Gasteiger partial charge >= 0.3 is 0 Å². The van der Waals surface area contributed by atoms with Gasteiger partial charge in [-0.3, -0.25) is 0 Å². The molecule has 0 heterocycles. The van der Waals surface area contributed by atoms with Gasteiger partial charge in [0.25, 0.3) is 0 Å². The number of nitrogens with one attached hydrogen (secondary N) is 1. The van der Waals surface area contributed by atoms with Crippen molar-refractivity contribution in [3.63, 3.8) is 0 Å². The first-order valence-electron chi connectivity index (χ1n) is 3.65. The smallest absolute Gasteiger partial charge is 0.222 e. The van der Waals surface area contributed by atoms with Crippen molar-refractivity contribution < 1.29 is 0 Å². The Morgan fingerprint density at radius 1 is 1.36 bits per heavy atom. The molecule has 11 heavy (non-hydrogen) atoms. The van der Waals surface area contributed by atoms with Crippen molar-refractivity contribution >= 4 is 19.4 Å². The second-order valence-corrected chi connectivity index (χ2v) is 1.77. The summed E-state index contributed by atoms with van der Waals surface area (Å²) in [5.74, 6) is 0. The van der Waals surface area contributed by atoms with Crippen LogP contribution in [0.5, 0.6) is 0 Å². The Morgan fingerprint density at radius 3 is 2.36 bits per heavy atom. The average molecular weight is 148 g/mol. The van der Waals surface area contributed by atoms with Gasteiger partial charge in [0.1, 0.15) is 0 Å². The molecule has 58 valence electrons. The van der Waals surface area contributed by atoms with Gasteiger partial charge in [0.2, 0.25) is 7.98 Å². The maximum Gasteiger partial charge on any atom is 0.222 e. The molecule has 3 N–H and O–H groups in total. The maximum absolute atomic E-state index is 5.44. The minimum atomic E-state index is 0.713. The van der Waals surface area contributed by atoms with Crippen LogP contribution in [-0.4, -0.2) is 7.98 Å². The fourth-order valence-corrected chi connectivity index (χ4v) is 0.628. The molecule has 0 atom stereocenters. The second kappa shape index (κ2) is 5.65. The van der Waals surface area contributed by atoms with Crippen LogP contribution >= 0.6 is 0 Å². The van der Waals surface area contributed by atoms with Gasteiger partial charge in [0.15, 0.2) is 0 Å². The molecule has 0 aliphatic rings. The van der Waals surface area contributed by atoms with E-state index in [4.69, 9.17) is 13.7 Å². The van der Waals surface area contributed by atoms with Crippen molar-refractivity contribution in [2.75, 3.05) is 11.0 Å². The number of hydrogen-bond acceptors (Lipinski definition) is 2. The summed E-state index contributed by atoms with van der Waals surface area (Å²) in [7, 11) is 5.11. The SMILES string of the molecule is CC.[B]Nc1cccc(N)c1. The van der Waals surface area contributed by atoms with E-state index < -0.39 is 0 Å². The van der Waals surface area contributed by atoms with Crippen molar-refractivity contribution in [1.29, 1.82) is 0 Å². The minimum absolute atomic E-state index is 0.713. The van der Waals surface area contributed by atoms with E-state index in [1.54, 1.807) is 12.1 Å². The molecule has 0 fully saturated rings. The lowest BCUT2D eigenvalue weighted by atomic mass is 10.2. The van der Waals surface area contributed by atoms with E-state index in [0.717, 1.165) is 5.69 Å². The zero-order chi connectivity index (χ0) is 8.69. The van der Waals surface area contributed by atoms with Gasteiger partial charge in [-0.05, 0) is 18.2 Å². The molecule has 1 rings (SSSR count). The first-order valence-corrected chi connectivity index (χ1v) is 3.65. The third-order valence-corrected chi connectivity index (χ3v) is 1.05. The highest BCUT2D eigenvalue weighted by atomic mass is 14.7. The van der Waals surface area contributed by atoms with E-state index >= 15 is 0 Å². The maximum atomic E-state index is 5.44. The lowest BCUT2D eigenvalue weighted by molar-refractivity contribution is 1.50. The van der Waals surface area contributed by atoms with Gasteiger partial charge in [-0.1, -0.05) is 19.9 Å². The van der Waals surface area contributed by atoms with Crippen LogP contribution in [0.25, 0.3) is 0 Å². The average Bonchev–Trinajstić information content (AvgIpc) is 2.08. The van der Waals surface area contributed by atoms with E-state index in [0.29, 0.717) is 5.69 Å². The molecular weight excluding hydrogens is 135 g/mol. The minimum Gasteiger partial charge on any atom is -0.437 e. The molecule has 0 spiro atoms. The zero-order valence-corrected chi connectivity index (χ0v) is 6.96. The van der Waals surface area contributed by atoms with Crippen LogP contribution in [-0.2, 0) is 0 Å². The third kappa shape index (κ3) is 3.55. The highest BCUT2D eigenvalue weighted by Crippen LogP contribution is 2.09. The normalized spacial score (nSPS) is 7.82. The van der Waals surface area contributed by atoms with Gasteiger partial charge in [-0.15, -0.1) is 0 Å². The summed E-state index contributed by atoms with van der Waals surface area (Å²) in [4.78, 5) is 0. The third-order valence-electron chi connectivity index (χ3n) is 1.05. The largest absolute Gasteiger partial charge is 0.437 e. The predicted octanol–water partition coefficient (Wildman–Crippen LogP) is 1.79. The highest BCUT2D eigenvalue weighted by Gasteiger charge is 1.85. The Kier molecular flexibility index (Phi) is 5.08. The van der Waals surface area contributed by atoms with Crippen LogP contribution < -0.4 is 11.0 Å². The first-order chi connectivity index (χ1) is 5.33. The van der Waals surface area contributed by atoms with Crippen LogP contribution in [0.2, 0.25) is 0 Å². The van der Waals surface area contributed by atoms with Crippen LogP contribution in [0, 0.1) is 0 Å². The monoisotopic (exact) mass is 148 g/mol. The van der Waals surface area contributed by atoms with E-state index in [1.165, 1.54) is 0 Å². The molecule has 0 aromatic heterocycles. The summed E-state index contributed by atoms with van der Waals surface area (Å²) in [5.41, 5.74) is 6.98. The van der Waals surface area contributed by atoms with Gasteiger partial charge in [0, 0.05) is 11.4 Å². The van der Waals surface area contributed by atoms with Crippen LogP contribution in [0.1, 0.15) is 13.8 Å². The lowest BCUT2D eigenvalue weighted by Crippen LogP contribution is -1.91. The van der Waals surface area contributed by atoms with E-state index in [1.807, 2.05) is 26.0 Å².